The van der Waals surface area contributed by atoms with Gasteiger partial charge in [0.25, 0.3) is 6.71 Å². The lowest BCUT2D eigenvalue weighted by atomic mass is 9.33. The van der Waals surface area contributed by atoms with Crippen molar-refractivity contribution in [2.75, 3.05) is 9.80 Å². The van der Waals surface area contributed by atoms with Crippen LogP contribution in [0.4, 0.5) is 34.1 Å². The summed E-state index contributed by atoms with van der Waals surface area (Å²) in [4.78, 5) is 5.09. The summed E-state index contributed by atoms with van der Waals surface area (Å²) >= 11 is 0. The van der Waals surface area contributed by atoms with Crippen LogP contribution in [0.25, 0.3) is 22.3 Å². The molecule has 0 radical (unpaired) electrons. The van der Waals surface area contributed by atoms with Crippen LogP contribution in [-0.4, -0.2) is 6.71 Å². The van der Waals surface area contributed by atoms with Crippen LogP contribution in [0.15, 0.2) is 164 Å². The van der Waals surface area contributed by atoms with Crippen LogP contribution in [0.5, 0.6) is 0 Å². The molecule has 7 aromatic rings. The van der Waals surface area contributed by atoms with Gasteiger partial charge in [-0.15, -0.1) is 0 Å². The van der Waals surface area contributed by atoms with E-state index in [-0.39, 0.29) is 12.1 Å². The lowest BCUT2D eigenvalue weighted by Gasteiger charge is -2.44. The normalized spacial score (nSPS) is 21.1. The fraction of sp³-hybridized carbons (Fsp3) is 0.143. The van der Waals surface area contributed by atoms with Gasteiger partial charge in [-0.25, -0.2) is 0 Å². The van der Waals surface area contributed by atoms with E-state index in [0.717, 1.165) is 11.8 Å². The van der Waals surface area contributed by atoms with Crippen LogP contribution in [0.1, 0.15) is 36.8 Å². The number of nitrogens with zero attached hydrogens (tertiary/aromatic N) is 2. The molecule has 2 aliphatic heterocycles. The first-order valence-corrected chi connectivity index (χ1v) is 19.1. The highest BCUT2D eigenvalue weighted by Gasteiger charge is 2.60. The van der Waals surface area contributed by atoms with E-state index in [9.17, 15) is 0 Å². The molecule has 12 rings (SSSR count). The molecule has 2 bridgehead atoms. The van der Waals surface area contributed by atoms with Crippen LogP contribution >= 0.6 is 0 Å². The van der Waals surface area contributed by atoms with Crippen molar-refractivity contribution in [1.82, 2.24) is 0 Å². The Hall–Kier alpha value is -5.80. The summed E-state index contributed by atoms with van der Waals surface area (Å²) in [6.07, 6.45) is 5.45. The van der Waals surface area contributed by atoms with Crippen molar-refractivity contribution in [2.45, 2.75) is 31.1 Å². The molecule has 0 aromatic heterocycles. The van der Waals surface area contributed by atoms with Gasteiger partial charge in [0.1, 0.15) is 0 Å². The van der Waals surface area contributed by atoms with E-state index < -0.39 is 0 Å². The summed E-state index contributed by atoms with van der Waals surface area (Å²) in [6, 6.07) is 61.8. The molecule has 0 atom stereocenters. The average molecular weight is 665 g/mol. The Morgan fingerprint density at radius 1 is 0.423 bits per heavy atom. The fourth-order valence-electron chi connectivity index (χ4n) is 11.6. The Balaban J connectivity index is 1.10. The zero-order valence-corrected chi connectivity index (χ0v) is 29.0. The second kappa shape index (κ2) is 10.6. The quantitative estimate of drug-likeness (QED) is 0.174. The minimum Gasteiger partial charge on any atom is -0.311 e. The van der Waals surface area contributed by atoms with Crippen molar-refractivity contribution >= 4 is 57.2 Å². The molecule has 2 saturated carbocycles. The van der Waals surface area contributed by atoms with Gasteiger partial charge in [0.2, 0.25) is 0 Å². The Morgan fingerprint density at radius 3 is 1.69 bits per heavy atom. The van der Waals surface area contributed by atoms with Gasteiger partial charge < -0.3 is 9.80 Å². The highest BCUT2D eigenvalue weighted by atomic mass is 15.2. The monoisotopic (exact) mass is 664 g/mol. The lowest BCUT2D eigenvalue weighted by Crippen LogP contribution is -2.61. The molecule has 5 aliphatic rings. The highest BCUT2D eigenvalue weighted by Crippen LogP contribution is 2.68. The number of rotatable bonds is 3. The van der Waals surface area contributed by atoms with Crippen LogP contribution in [0, 0.1) is 11.8 Å². The van der Waals surface area contributed by atoms with E-state index in [1.807, 2.05) is 0 Å². The molecule has 7 aromatic carbocycles. The Kier molecular flexibility index (Phi) is 5.89. The second-order valence-corrected chi connectivity index (χ2v) is 15.5. The smallest absolute Gasteiger partial charge is 0.252 e. The third-order valence-corrected chi connectivity index (χ3v) is 13.4. The number of fused-ring (bicyclic) bond motifs is 7. The first kappa shape index (κ1) is 28.9. The molecule has 2 heterocycles. The Bertz CT molecular complexity index is 2570. The van der Waals surface area contributed by atoms with Gasteiger partial charge in [-0.2, -0.15) is 0 Å². The van der Waals surface area contributed by atoms with Gasteiger partial charge in [0.05, 0.1) is 5.69 Å². The van der Waals surface area contributed by atoms with Gasteiger partial charge in [-0.3, -0.25) is 0 Å². The van der Waals surface area contributed by atoms with E-state index in [4.69, 9.17) is 0 Å². The molecule has 3 aliphatic carbocycles. The van der Waals surface area contributed by atoms with E-state index in [2.05, 4.69) is 174 Å². The van der Waals surface area contributed by atoms with Crippen LogP contribution in [0.3, 0.4) is 0 Å². The van der Waals surface area contributed by atoms with E-state index in [0.29, 0.717) is 0 Å². The molecule has 52 heavy (non-hydrogen) atoms. The molecular formula is C49H37BN2. The number of para-hydroxylation sites is 3. The molecule has 2 nitrogen and oxygen atoms in total. The molecule has 0 unspecified atom stereocenters. The maximum atomic E-state index is 2.57. The molecule has 0 saturated heterocycles. The SMILES string of the molecule is c1ccc(-c2ccccc2N2c3ccccc3B3c4ccccc4N(c4ccc5c(c4)-c4ccccc4C54C5CCC4CC5)c4cccc2c43)cc1. The summed E-state index contributed by atoms with van der Waals surface area (Å²) in [6.45, 7) is 0.127. The van der Waals surface area contributed by atoms with E-state index in [1.54, 1.807) is 11.1 Å². The van der Waals surface area contributed by atoms with Crippen LogP contribution < -0.4 is 26.2 Å². The molecule has 1 spiro atoms. The number of hydrogen-bond acceptors (Lipinski definition) is 2. The predicted octanol–water partition coefficient (Wildman–Crippen LogP) is 10.5. The predicted molar refractivity (Wildman–Crippen MR) is 218 cm³/mol. The van der Waals surface area contributed by atoms with E-state index in [1.165, 1.54) is 98.4 Å². The summed E-state index contributed by atoms with van der Waals surface area (Å²) < 4.78 is 0. The minimum atomic E-state index is 0.127. The van der Waals surface area contributed by atoms with Gasteiger partial charge in [0.15, 0.2) is 0 Å². The van der Waals surface area contributed by atoms with Crippen molar-refractivity contribution in [2.24, 2.45) is 11.8 Å². The number of benzene rings is 7. The molecule has 246 valence electrons. The van der Waals surface area contributed by atoms with Gasteiger partial charge in [0, 0.05) is 39.4 Å². The van der Waals surface area contributed by atoms with Gasteiger partial charge in [-0.1, -0.05) is 121 Å². The van der Waals surface area contributed by atoms with Crippen molar-refractivity contribution in [3.8, 4) is 22.3 Å². The topological polar surface area (TPSA) is 6.48 Å². The van der Waals surface area contributed by atoms with E-state index >= 15 is 0 Å². The standard InChI is InChI=1S/C49H37BN2/c1-2-13-32(14-3-1)36-15-5-9-20-43(36)52-45-22-11-8-19-42(45)50-41-18-7-10-21-44(41)51(46-23-12-24-47(52)48(46)50)35-29-30-40-38(31-35)37-16-4-6-17-39(37)49(40)33-25-26-34(49)28-27-33/h1-24,29-31,33-34H,25-28H2. The molecular weight excluding hydrogens is 627 g/mol. The highest BCUT2D eigenvalue weighted by molar-refractivity contribution is 7.00. The van der Waals surface area contributed by atoms with Gasteiger partial charge >= 0.3 is 0 Å². The maximum absolute atomic E-state index is 2.57. The third kappa shape index (κ3) is 3.61. The largest absolute Gasteiger partial charge is 0.311 e. The minimum absolute atomic E-state index is 0.127. The van der Waals surface area contributed by atoms with Crippen molar-refractivity contribution < 1.29 is 0 Å². The average Bonchev–Trinajstić information content (AvgIpc) is 3.86. The molecule has 0 N–H and O–H groups in total. The number of anilines is 6. The molecule has 3 heteroatoms. The Labute approximate surface area is 306 Å². The van der Waals surface area contributed by atoms with Crippen molar-refractivity contribution in [1.29, 1.82) is 0 Å². The Morgan fingerprint density at radius 2 is 0.962 bits per heavy atom. The summed E-state index contributed by atoms with van der Waals surface area (Å²) in [5.74, 6) is 1.52. The zero-order valence-electron chi connectivity index (χ0n) is 29.0. The first-order chi connectivity index (χ1) is 25.8. The van der Waals surface area contributed by atoms with Gasteiger partial charge in [-0.05, 0) is 124 Å². The fourth-order valence-corrected chi connectivity index (χ4v) is 11.6. The summed E-state index contributed by atoms with van der Waals surface area (Å²) in [5.41, 5.74) is 20.3. The van der Waals surface area contributed by atoms with Crippen LogP contribution in [0.2, 0.25) is 0 Å². The van der Waals surface area contributed by atoms with Crippen LogP contribution in [-0.2, 0) is 5.41 Å². The maximum Gasteiger partial charge on any atom is 0.252 e. The first-order valence-electron chi connectivity index (χ1n) is 19.1. The molecule has 2 fully saturated rings. The second-order valence-electron chi connectivity index (χ2n) is 15.5. The number of hydrogen-bond donors (Lipinski definition) is 0. The summed E-state index contributed by atoms with van der Waals surface area (Å²) in [5, 5.41) is 0. The molecule has 0 amide bonds. The third-order valence-electron chi connectivity index (χ3n) is 13.4. The zero-order chi connectivity index (χ0) is 34.0. The lowest BCUT2D eigenvalue weighted by molar-refractivity contribution is 0.400. The van der Waals surface area contributed by atoms with Crippen molar-refractivity contribution in [3.05, 3.63) is 175 Å². The summed E-state index contributed by atoms with van der Waals surface area (Å²) in [7, 11) is 0. The van der Waals surface area contributed by atoms with Crippen molar-refractivity contribution in [3.63, 3.8) is 0 Å².